The lowest BCUT2D eigenvalue weighted by Gasteiger charge is -2.14. The summed E-state index contributed by atoms with van der Waals surface area (Å²) in [7, 11) is 0. The third-order valence-electron chi connectivity index (χ3n) is 3.31. The molecule has 1 aromatic heterocycles. The Hall–Kier alpha value is -2.17. The molecular weight excluding hydrogens is 250 g/mol. The number of nitrogen functional groups attached to an aromatic ring is 1. The summed E-state index contributed by atoms with van der Waals surface area (Å²) in [5.41, 5.74) is 9.57. The first-order valence-electron chi connectivity index (χ1n) is 6.82. The minimum Gasteiger partial charge on any atom is -0.368 e. The van der Waals surface area contributed by atoms with E-state index in [2.05, 4.69) is 59.2 Å². The molecule has 0 radical (unpaired) electrons. The van der Waals surface area contributed by atoms with Crippen LogP contribution in [0.1, 0.15) is 30.0 Å². The Morgan fingerprint density at radius 3 is 2.75 bits per heavy atom. The molecule has 0 fully saturated rings. The van der Waals surface area contributed by atoms with Gasteiger partial charge < -0.3 is 11.1 Å². The van der Waals surface area contributed by atoms with Gasteiger partial charge in [0.15, 0.2) is 0 Å². The second kappa shape index (κ2) is 6.32. The van der Waals surface area contributed by atoms with E-state index in [1.807, 2.05) is 0 Å². The van der Waals surface area contributed by atoms with E-state index < -0.39 is 0 Å². The first kappa shape index (κ1) is 14.2. The van der Waals surface area contributed by atoms with Gasteiger partial charge in [0, 0.05) is 6.04 Å². The zero-order valence-corrected chi connectivity index (χ0v) is 12.2. The smallest absolute Gasteiger partial charge is 0.227 e. The molecule has 0 aliphatic rings. The molecule has 0 spiro atoms. The van der Waals surface area contributed by atoms with Crippen molar-refractivity contribution in [3.63, 3.8) is 0 Å². The summed E-state index contributed by atoms with van der Waals surface area (Å²) >= 11 is 0. The molecule has 2 rings (SSSR count). The summed E-state index contributed by atoms with van der Waals surface area (Å²) in [6.07, 6.45) is 3.46. The van der Waals surface area contributed by atoms with E-state index in [1.54, 1.807) is 0 Å². The van der Waals surface area contributed by atoms with E-state index in [1.165, 1.54) is 23.0 Å². The topological polar surface area (TPSA) is 76.7 Å². The predicted octanol–water partition coefficient (Wildman–Crippen LogP) is 2.50. The fourth-order valence-corrected chi connectivity index (χ4v) is 2.17. The van der Waals surface area contributed by atoms with Crippen LogP contribution >= 0.6 is 0 Å². The average molecular weight is 271 g/mol. The molecule has 20 heavy (non-hydrogen) atoms. The van der Waals surface area contributed by atoms with Gasteiger partial charge in [-0.15, -0.1) is 0 Å². The molecule has 1 heterocycles. The van der Waals surface area contributed by atoms with Crippen molar-refractivity contribution in [1.82, 2.24) is 15.0 Å². The first-order chi connectivity index (χ1) is 9.54. The van der Waals surface area contributed by atoms with Crippen molar-refractivity contribution in [2.75, 3.05) is 11.1 Å². The third kappa shape index (κ3) is 3.91. The van der Waals surface area contributed by atoms with Gasteiger partial charge in [-0.1, -0.05) is 23.8 Å². The van der Waals surface area contributed by atoms with Crippen LogP contribution < -0.4 is 11.1 Å². The van der Waals surface area contributed by atoms with Gasteiger partial charge in [-0.2, -0.15) is 4.98 Å². The summed E-state index contributed by atoms with van der Waals surface area (Å²) < 4.78 is 0. The van der Waals surface area contributed by atoms with Crippen molar-refractivity contribution in [2.24, 2.45) is 0 Å². The Kier molecular flexibility index (Phi) is 4.50. The van der Waals surface area contributed by atoms with Crippen LogP contribution in [0.3, 0.4) is 0 Å². The minimum atomic E-state index is 0.240. The Bertz CT molecular complexity index is 582. The van der Waals surface area contributed by atoms with Crippen LogP contribution in [-0.4, -0.2) is 21.0 Å². The fraction of sp³-hybridized carbons (Fsp3) is 0.400. The molecule has 5 heteroatoms. The summed E-state index contributed by atoms with van der Waals surface area (Å²) in [4.78, 5) is 11.9. The van der Waals surface area contributed by atoms with Gasteiger partial charge in [0.1, 0.15) is 6.33 Å². The molecule has 2 aromatic rings. The normalized spacial score (nSPS) is 12.2. The van der Waals surface area contributed by atoms with E-state index in [4.69, 9.17) is 5.73 Å². The summed E-state index contributed by atoms with van der Waals surface area (Å²) in [5.74, 6) is 0.773. The van der Waals surface area contributed by atoms with Crippen LogP contribution in [0.5, 0.6) is 0 Å². The molecule has 1 unspecified atom stereocenters. The van der Waals surface area contributed by atoms with Crippen LogP contribution in [0.25, 0.3) is 0 Å². The second-order valence-corrected chi connectivity index (χ2v) is 5.18. The van der Waals surface area contributed by atoms with Gasteiger partial charge in [-0.05, 0) is 44.7 Å². The SMILES string of the molecule is Cc1ccc(CCC(C)Nc2ncnc(N)n2)c(C)c1. The van der Waals surface area contributed by atoms with Crippen molar-refractivity contribution in [3.05, 3.63) is 41.2 Å². The van der Waals surface area contributed by atoms with Gasteiger partial charge in [-0.3, -0.25) is 0 Å². The number of nitrogens with two attached hydrogens (primary N) is 1. The lowest BCUT2D eigenvalue weighted by atomic mass is 10.00. The van der Waals surface area contributed by atoms with Crippen LogP contribution in [-0.2, 0) is 6.42 Å². The highest BCUT2D eigenvalue weighted by atomic mass is 15.2. The van der Waals surface area contributed by atoms with Crippen LogP contribution in [0.2, 0.25) is 0 Å². The molecular formula is C15H21N5. The van der Waals surface area contributed by atoms with Crippen molar-refractivity contribution >= 4 is 11.9 Å². The van der Waals surface area contributed by atoms with Gasteiger partial charge in [0.2, 0.25) is 11.9 Å². The van der Waals surface area contributed by atoms with E-state index >= 15 is 0 Å². The molecule has 0 bridgehead atoms. The van der Waals surface area contributed by atoms with Gasteiger partial charge in [0.25, 0.3) is 0 Å². The molecule has 3 N–H and O–H groups in total. The molecule has 1 atom stereocenters. The van der Waals surface area contributed by atoms with Crippen LogP contribution in [0.15, 0.2) is 24.5 Å². The van der Waals surface area contributed by atoms with Crippen molar-refractivity contribution in [3.8, 4) is 0 Å². The molecule has 1 aromatic carbocycles. The largest absolute Gasteiger partial charge is 0.368 e. The summed E-state index contributed by atoms with van der Waals surface area (Å²) in [6, 6.07) is 6.86. The van der Waals surface area contributed by atoms with Crippen LogP contribution in [0, 0.1) is 13.8 Å². The quantitative estimate of drug-likeness (QED) is 0.873. The maximum atomic E-state index is 5.53. The number of hydrogen-bond donors (Lipinski definition) is 2. The molecule has 0 saturated carbocycles. The maximum Gasteiger partial charge on any atom is 0.227 e. The molecule has 0 aliphatic heterocycles. The first-order valence-corrected chi connectivity index (χ1v) is 6.82. The second-order valence-electron chi connectivity index (χ2n) is 5.18. The predicted molar refractivity (Wildman–Crippen MR) is 81.6 cm³/mol. The van der Waals surface area contributed by atoms with Gasteiger partial charge >= 0.3 is 0 Å². The zero-order valence-electron chi connectivity index (χ0n) is 12.2. The molecule has 5 nitrogen and oxygen atoms in total. The Labute approximate surface area is 119 Å². The average Bonchev–Trinajstić information content (AvgIpc) is 2.37. The monoisotopic (exact) mass is 271 g/mol. The molecule has 0 aliphatic carbocycles. The lowest BCUT2D eigenvalue weighted by Crippen LogP contribution is -2.18. The Morgan fingerprint density at radius 2 is 2.05 bits per heavy atom. The zero-order chi connectivity index (χ0) is 14.5. The number of rotatable bonds is 5. The highest BCUT2D eigenvalue weighted by Crippen LogP contribution is 2.14. The summed E-state index contributed by atoms with van der Waals surface area (Å²) in [5, 5.41) is 3.24. The molecule has 0 saturated heterocycles. The van der Waals surface area contributed by atoms with Crippen molar-refractivity contribution in [1.29, 1.82) is 0 Å². The van der Waals surface area contributed by atoms with E-state index in [-0.39, 0.29) is 12.0 Å². The van der Waals surface area contributed by atoms with Crippen molar-refractivity contribution < 1.29 is 0 Å². The number of anilines is 2. The highest BCUT2D eigenvalue weighted by Gasteiger charge is 2.06. The fourth-order valence-electron chi connectivity index (χ4n) is 2.17. The number of aryl methyl sites for hydroxylation is 3. The van der Waals surface area contributed by atoms with E-state index in [0.717, 1.165) is 12.8 Å². The standard InChI is InChI=1S/C15H21N5/c1-10-4-6-13(11(2)8-10)7-5-12(3)19-15-18-9-17-14(16)20-15/h4,6,8-9,12H,5,7H2,1-3H3,(H3,16,17,18,19,20). The number of benzene rings is 1. The van der Waals surface area contributed by atoms with Gasteiger partial charge in [0.05, 0.1) is 0 Å². The maximum absolute atomic E-state index is 5.53. The number of nitrogens with one attached hydrogen (secondary N) is 1. The summed E-state index contributed by atoms with van der Waals surface area (Å²) in [6.45, 7) is 6.39. The Balaban J connectivity index is 1.90. The van der Waals surface area contributed by atoms with Crippen LogP contribution in [0.4, 0.5) is 11.9 Å². The Morgan fingerprint density at radius 1 is 1.25 bits per heavy atom. The van der Waals surface area contributed by atoms with Gasteiger partial charge in [-0.25, -0.2) is 9.97 Å². The van der Waals surface area contributed by atoms with E-state index in [9.17, 15) is 0 Å². The number of hydrogen-bond acceptors (Lipinski definition) is 5. The number of aromatic nitrogens is 3. The third-order valence-corrected chi connectivity index (χ3v) is 3.31. The lowest BCUT2D eigenvalue weighted by molar-refractivity contribution is 0.696. The number of nitrogens with zero attached hydrogens (tertiary/aromatic N) is 3. The van der Waals surface area contributed by atoms with Crippen molar-refractivity contribution in [2.45, 2.75) is 39.7 Å². The molecule has 106 valence electrons. The highest BCUT2D eigenvalue weighted by molar-refractivity contribution is 5.32. The van der Waals surface area contributed by atoms with E-state index in [0.29, 0.717) is 5.95 Å². The molecule has 0 amide bonds. The minimum absolute atomic E-state index is 0.240.